The van der Waals surface area contributed by atoms with E-state index in [1.165, 1.54) is 0 Å². The van der Waals surface area contributed by atoms with Crippen molar-refractivity contribution in [2.45, 2.75) is 27.2 Å². The van der Waals surface area contributed by atoms with Gasteiger partial charge in [0.2, 0.25) is 0 Å². The Morgan fingerprint density at radius 1 is 1.11 bits per heavy atom. The zero-order chi connectivity index (χ0) is 14.9. The highest BCUT2D eigenvalue weighted by atomic mass is 32.2. The summed E-state index contributed by atoms with van der Waals surface area (Å²) in [6.45, 7) is 10.0. The zero-order valence-corrected chi connectivity index (χ0v) is 16.0. The second-order valence-electron chi connectivity index (χ2n) is 3.59. The molecule has 0 saturated heterocycles. The Bertz CT molecular complexity index is 194. The van der Waals surface area contributed by atoms with Crippen LogP contribution in [-0.4, -0.2) is 65.5 Å². The SMILES string of the molecule is CCCOCCSC(=S)N(CC)CC.CO[SiH2]OC. The predicted molar refractivity (Wildman–Crippen MR) is 91.6 cm³/mol. The Hall–Kier alpha value is 0.337. The first kappa shape index (κ1) is 21.6. The monoisotopic (exact) mass is 327 g/mol. The number of hydrogen-bond donors (Lipinski definition) is 0. The van der Waals surface area contributed by atoms with Crippen LogP contribution in [0.25, 0.3) is 0 Å². The summed E-state index contributed by atoms with van der Waals surface area (Å²) in [5, 5.41) is 0. The van der Waals surface area contributed by atoms with E-state index in [1.807, 2.05) is 0 Å². The van der Waals surface area contributed by atoms with Crippen molar-refractivity contribution in [3.05, 3.63) is 0 Å². The number of rotatable bonds is 9. The quantitative estimate of drug-likeness (QED) is 0.366. The maximum Gasteiger partial charge on any atom is 0.303 e. The van der Waals surface area contributed by atoms with Crippen molar-refractivity contribution >= 4 is 38.3 Å². The van der Waals surface area contributed by atoms with E-state index in [0.717, 1.165) is 42.8 Å². The van der Waals surface area contributed by atoms with E-state index in [-0.39, 0.29) is 0 Å². The van der Waals surface area contributed by atoms with Gasteiger partial charge in [-0.15, -0.1) is 0 Å². The topological polar surface area (TPSA) is 30.9 Å². The molecule has 0 aliphatic carbocycles. The van der Waals surface area contributed by atoms with E-state index in [0.29, 0.717) is 0 Å². The number of thioether (sulfide) groups is 1. The third-order valence-corrected chi connectivity index (χ3v) is 4.02. The minimum absolute atomic E-state index is 0.568. The summed E-state index contributed by atoms with van der Waals surface area (Å²) in [4.78, 5) is 2.19. The largest absolute Gasteiger partial charge is 0.402 e. The van der Waals surface area contributed by atoms with Gasteiger partial charge in [0.25, 0.3) is 0 Å². The number of ether oxygens (including phenoxy) is 1. The molecule has 0 aliphatic heterocycles. The van der Waals surface area contributed by atoms with Gasteiger partial charge in [0.05, 0.1) is 6.61 Å². The maximum absolute atomic E-state index is 5.38. The molecule has 0 rings (SSSR count). The van der Waals surface area contributed by atoms with Gasteiger partial charge in [0.15, 0.2) is 0 Å². The van der Waals surface area contributed by atoms with Crippen LogP contribution in [0.1, 0.15) is 27.2 Å². The van der Waals surface area contributed by atoms with Crippen LogP contribution in [0.3, 0.4) is 0 Å². The van der Waals surface area contributed by atoms with E-state index < -0.39 is 10.0 Å². The van der Waals surface area contributed by atoms with Crippen LogP contribution < -0.4 is 0 Å². The molecule has 0 spiro atoms. The van der Waals surface area contributed by atoms with Crippen LogP contribution in [0.5, 0.6) is 0 Å². The lowest BCUT2D eigenvalue weighted by molar-refractivity contribution is 0.151. The van der Waals surface area contributed by atoms with Crippen molar-refractivity contribution in [2.75, 3.05) is 46.3 Å². The van der Waals surface area contributed by atoms with Gasteiger partial charge >= 0.3 is 10.0 Å². The van der Waals surface area contributed by atoms with Gasteiger partial charge in [0.1, 0.15) is 4.32 Å². The summed E-state index contributed by atoms with van der Waals surface area (Å²) < 4.78 is 15.6. The van der Waals surface area contributed by atoms with E-state index in [9.17, 15) is 0 Å². The second-order valence-corrected chi connectivity index (χ2v) is 6.71. The van der Waals surface area contributed by atoms with Crippen molar-refractivity contribution in [3.63, 3.8) is 0 Å². The fraction of sp³-hybridized carbons (Fsp3) is 0.917. The average molecular weight is 328 g/mol. The number of thiocarbonyl (C=S) groups is 1. The first-order chi connectivity index (χ1) is 9.17. The van der Waals surface area contributed by atoms with Gasteiger partial charge in [-0.05, 0) is 20.3 Å². The molecule has 0 atom stereocenters. The van der Waals surface area contributed by atoms with E-state index in [4.69, 9.17) is 17.0 Å². The third kappa shape index (κ3) is 16.3. The first-order valence-electron chi connectivity index (χ1n) is 6.65. The van der Waals surface area contributed by atoms with E-state index >= 15 is 0 Å². The molecule has 0 bridgehead atoms. The Kier molecular flexibility index (Phi) is 20.9. The van der Waals surface area contributed by atoms with Gasteiger partial charge < -0.3 is 18.5 Å². The lowest BCUT2D eigenvalue weighted by Gasteiger charge is -2.20. The van der Waals surface area contributed by atoms with Gasteiger partial charge in [-0.1, -0.05) is 30.9 Å². The van der Waals surface area contributed by atoms with Crippen LogP contribution >= 0.6 is 24.0 Å². The zero-order valence-electron chi connectivity index (χ0n) is 12.9. The van der Waals surface area contributed by atoms with Gasteiger partial charge in [-0.2, -0.15) is 0 Å². The molecule has 0 amide bonds. The molecule has 0 aromatic rings. The molecule has 0 unspecified atom stereocenters. The molecular formula is C12H29NO3S2Si. The van der Waals surface area contributed by atoms with Gasteiger partial charge in [0, 0.05) is 39.7 Å². The fourth-order valence-electron chi connectivity index (χ4n) is 1.13. The highest BCUT2D eigenvalue weighted by Gasteiger charge is 2.04. The Labute approximate surface area is 130 Å². The van der Waals surface area contributed by atoms with Crippen LogP contribution in [-0.2, 0) is 13.6 Å². The molecule has 0 saturated carbocycles. The van der Waals surface area contributed by atoms with Crippen LogP contribution in [0, 0.1) is 0 Å². The summed E-state index contributed by atoms with van der Waals surface area (Å²) in [5.74, 6) is 0.968. The molecule has 0 aromatic carbocycles. The average Bonchev–Trinajstić information content (AvgIpc) is 2.41. The van der Waals surface area contributed by atoms with Crippen LogP contribution in [0.2, 0.25) is 0 Å². The first-order valence-corrected chi connectivity index (χ1v) is 9.19. The minimum Gasteiger partial charge on any atom is -0.402 e. The van der Waals surface area contributed by atoms with Crippen molar-refractivity contribution in [1.82, 2.24) is 4.90 Å². The van der Waals surface area contributed by atoms with Crippen molar-refractivity contribution in [1.29, 1.82) is 0 Å². The van der Waals surface area contributed by atoms with E-state index in [1.54, 1.807) is 26.0 Å². The molecule has 0 radical (unpaired) electrons. The standard InChI is InChI=1S/C10H21NOS2.C2H8O2Si/c1-4-7-12-8-9-14-10(13)11(5-2)6-3;1-3-5-4-2/h4-9H2,1-3H3;5H2,1-2H3. The van der Waals surface area contributed by atoms with Crippen molar-refractivity contribution < 1.29 is 13.6 Å². The smallest absolute Gasteiger partial charge is 0.303 e. The summed E-state index contributed by atoms with van der Waals surface area (Å²) >= 11 is 7.00. The molecule has 0 heterocycles. The van der Waals surface area contributed by atoms with Crippen LogP contribution in [0.4, 0.5) is 0 Å². The number of hydrogen-bond acceptors (Lipinski definition) is 5. The second kappa shape index (κ2) is 18.3. The lowest BCUT2D eigenvalue weighted by atomic mass is 10.5. The fourth-order valence-corrected chi connectivity index (χ4v) is 2.69. The predicted octanol–water partition coefficient (Wildman–Crippen LogP) is 2.05. The highest BCUT2D eigenvalue weighted by Crippen LogP contribution is 2.08. The summed E-state index contributed by atoms with van der Waals surface area (Å²) in [6.07, 6.45) is 1.09. The van der Waals surface area contributed by atoms with Crippen molar-refractivity contribution in [3.8, 4) is 0 Å². The van der Waals surface area contributed by atoms with Gasteiger partial charge in [-0.25, -0.2) is 0 Å². The van der Waals surface area contributed by atoms with Crippen molar-refractivity contribution in [2.24, 2.45) is 0 Å². The van der Waals surface area contributed by atoms with Gasteiger partial charge in [-0.3, -0.25) is 0 Å². The highest BCUT2D eigenvalue weighted by molar-refractivity contribution is 8.22. The molecule has 0 aromatic heterocycles. The summed E-state index contributed by atoms with van der Waals surface area (Å²) in [7, 11) is 2.73. The molecule has 4 nitrogen and oxygen atoms in total. The van der Waals surface area contributed by atoms with Crippen LogP contribution in [0.15, 0.2) is 0 Å². The lowest BCUT2D eigenvalue weighted by Crippen LogP contribution is -2.27. The molecule has 0 fully saturated rings. The number of nitrogens with zero attached hydrogens (tertiary/aromatic N) is 1. The molecule has 7 heteroatoms. The molecule has 0 aliphatic rings. The molecule has 116 valence electrons. The van der Waals surface area contributed by atoms with E-state index in [2.05, 4.69) is 34.5 Å². The Morgan fingerprint density at radius 3 is 2.05 bits per heavy atom. The Morgan fingerprint density at radius 2 is 1.68 bits per heavy atom. The Balaban J connectivity index is 0. The molecule has 0 N–H and O–H groups in total. The summed E-state index contributed by atoms with van der Waals surface area (Å²) in [5.41, 5.74) is 0. The third-order valence-electron chi connectivity index (χ3n) is 2.06. The maximum atomic E-state index is 5.38. The molecule has 19 heavy (non-hydrogen) atoms. The summed E-state index contributed by atoms with van der Waals surface area (Å²) in [6, 6.07) is 0. The molecular weight excluding hydrogens is 298 g/mol. The minimum atomic E-state index is -0.568. The normalized spacial score (nSPS) is 9.74.